The van der Waals surface area contributed by atoms with Gasteiger partial charge in [-0.05, 0) is 80.1 Å². The van der Waals surface area contributed by atoms with Crippen molar-refractivity contribution < 1.29 is 19.1 Å². The van der Waals surface area contributed by atoms with Gasteiger partial charge in [-0.3, -0.25) is 14.5 Å². The van der Waals surface area contributed by atoms with Crippen molar-refractivity contribution in [2.75, 3.05) is 10.2 Å². The highest BCUT2D eigenvalue weighted by atomic mass is 32.1. The molecule has 1 fully saturated rings. The molecule has 202 valence electrons. The third-order valence-electron chi connectivity index (χ3n) is 7.43. The maximum atomic E-state index is 13.5. The molecule has 2 N–H and O–H groups in total. The number of hydrogen-bond acceptors (Lipinski definition) is 6. The van der Waals surface area contributed by atoms with Crippen molar-refractivity contribution in [2.24, 2.45) is 5.92 Å². The molecule has 8 nitrogen and oxygen atoms in total. The van der Waals surface area contributed by atoms with Crippen LogP contribution in [-0.4, -0.2) is 28.7 Å². The van der Waals surface area contributed by atoms with E-state index in [2.05, 4.69) is 22.2 Å². The van der Waals surface area contributed by atoms with Crippen LogP contribution in [0.3, 0.4) is 0 Å². The normalized spacial score (nSPS) is 17.9. The molecule has 2 aliphatic rings. The second-order valence-corrected chi connectivity index (χ2v) is 11.2. The molecule has 3 amide bonds. The third-order valence-corrected chi connectivity index (χ3v) is 8.53. The molecule has 1 aliphatic heterocycles. The number of aromatic nitrogens is 1. The lowest BCUT2D eigenvalue weighted by Gasteiger charge is -2.29. The number of carbonyl (C=O) groups excluding carboxylic acids is 3. The van der Waals surface area contributed by atoms with Crippen molar-refractivity contribution in [3.63, 3.8) is 0 Å². The van der Waals surface area contributed by atoms with Gasteiger partial charge in [-0.2, -0.15) is 0 Å². The standard InChI is InChI=1S/C31H28N4O4S/c1-3-21(36)17-19-9-10-20(16-19)33-29(37)28-27-26-25(13-14-32-30(26)40-28)35(31(38)34-27)24-12-11-23(15-18(24)2)39-22-7-5-4-6-8-22/h3-8,11-15,19-20H,1,9-10,16-17H2,2H3,(H,33,37)(H,34,38)/t19-,20-/m1/s1. The van der Waals surface area contributed by atoms with Crippen LogP contribution >= 0.6 is 11.3 Å². The Morgan fingerprint density at radius 2 is 1.98 bits per heavy atom. The van der Waals surface area contributed by atoms with Crippen molar-refractivity contribution >= 4 is 56.3 Å². The number of allylic oxidation sites excluding steroid dienone is 1. The Kier molecular flexibility index (Phi) is 6.81. The first kappa shape index (κ1) is 25.8. The van der Waals surface area contributed by atoms with Crippen molar-refractivity contribution in [3.8, 4) is 11.5 Å². The average Bonchev–Trinajstić information content (AvgIpc) is 3.55. The third kappa shape index (κ3) is 4.84. The van der Waals surface area contributed by atoms with Gasteiger partial charge in [-0.1, -0.05) is 24.8 Å². The Labute approximate surface area is 235 Å². The van der Waals surface area contributed by atoms with Gasteiger partial charge >= 0.3 is 6.03 Å². The molecule has 3 heterocycles. The van der Waals surface area contributed by atoms with Crippen LogP contribution in [0.5, 0.6) is 11.5 Å². The SMILES string of the molecule is C=CC(=O)C[C@@H]1CC[C@@H](NC(=O)c2sc3nccc4c3c2NC(=O)N4c2ccc(Oc3ccccc3)cc2C)C1. The molecule has 2 atom stereocenters. The zero-order valence-corrected chi connectivity index (χ0v) is 22.8. The van der Waals surface area contributed by atoms with Gasteiger partial charge in [0.1, 0.15) is 21.2 Å². The Balaban J connectivity index is 1.27. The number of ether oxygens (including phenoxy) is 1. The number of pyridine rings is 1. The number of para-hydroxylation sites is 1. The molecule has 1 aliphatic carbocycles. The highest BCUT2D eigenvalue weighted by Gasteiger charge is 2.34. The lowest BCUT2D eigenvalue weighted by molar-refractivity contribution is -0.115. The second kappa shape index (κ2) is 10.6. The zero-order valence-electron chi connectivity index (χ0n) is 22.0. The minimum atomic E-state index is -0.351. The van der Waals surface area contributed by atoms with E-state index < -0.39 is 0 Å². The van der Waals surface area contributed by atoms with E-state index >= 15 is 0 Å². The number of amides is 3. The van der Waals surface area contributed by atoms with E-state index in [-0.39, 0.29) is 29.7 Å². The van der Waals surface area contributed by atoms with Crippen LogP contribution in [0.25, 0.3) is 10.2 Å². The number of thiophene rings is 1. The van der Waals surface area contributed by atoms with Crippen LogP contribution in [0.2, 0.25) is 0 Å². The number of nitrogens with one attached hydrogen (secondary N) is 2. The Bertz CT molecular complexity index is 1650. The number of nitrogens with zero attached hydrogens (tertiary/aromatic N) is 2. The summed E-state index contributed by atoms with van der Waals surface area (Å²) in [5, 5.41) is 6.82. The quantitative estimate of drug-likeness (QED) is 0.227. The van der Waals surface area contributed by atoms with E-state index in [1.54, 1.807) is 17.2 Å². The van der Waals surface area contributed by atoms with Crippen LogP contribution in [-0.2, 0) is 4.79 Å². The van der Waals surface area contributed by atoms with Crippen molar-refractivity contribution in [2.45, 2.75) is 38.6 Å². The van der Waals surface area contributed by atoms with Gasteiger partial charge in [0.05, 0.1) is 22.4 Å². The van der Waals surface area contributed by atoms with E-state index in [1.807, 2.05) is 55.5 Å². The Morgan fingerprint density at radius 3 is 2.75 bits per heavy atom. The Morgan fingerprint density at radius 1 is 1.15 bits per heavy atom. The zero-order chi connectivity index (χ0) is 27.8. The van der Waals surface area contributed by atoms with Crippen molar-refractivity contribution in [1.82, 2.24) is 10.3 Å². The summed E-state index contributed by atoms with van der Waals surface area (Å²) in [6.45, 7) is 5.48. The summed E-state index contributed by atoms with van der Waals surface area (Å²) < 4.78 is 5.96. The summed E-state index contributed by atoms with van der Waals surface area (Å²) in [4.78, 5) is 45.9. The fourth-order valence-electron chi connectivity index (χ4n) is 5.56. The van der Waals surface area contributed by atoms with Crippen LogP contribution in [0, 0.1) is 12.8 Å². The molecule has 0 unspecified atom stereocenters. The van der Waals surface area contributed by atoms with E-state index in [9.17, 15) is 14.4 Å². The summed E-state index contributed by atoms with van der Waals surface area (Å²) in [5.41, 5.74) is 2.72. The topological polar surface area (TPSA) is 101 Å². The molecule has 4 aromatic rings. The number of anilines is 3. The summed E-state index contributed by atoms with van der Waals surface area (Å²) in [6, 6.07) is 16.5. The molecule has 9 heteroatoms. The van der Waals surface area contributed by atoms with Crippen LogP contribution in [0.15, 0.2) is 73.4 Å². The maximum absolute atomic E-state index is 13.5. The van der Waals surface area contributed by atoms with E-state index in [1.165, 1.54) is 17.4 Å². The van der Waals surface area contributed by atoms with Gasteiger partial charge in [-0.15, -0.1) is 11.3 Å². The van der Waals surface area contributed by atoms with Crippen molar-refractivity contribution in [1.29, 1.82) is 0 Å². The molecule has 0 radical (unpaired) electrons. The molecule has 2 aromatic carbocycles. The fourth-order valence-corrected chi connectivity index (χ4v) is 6.58. The number of benzene rings is 2. The predicted octanol–water partition coefficient (Wildman–Crippen LogP) is 7.12. The van der Waals surface area contributed by atoms with Gasteiger partial charge in [0.25, 0.3) is 5.91 Å². The number of aryl methyl sites for hydroxylation is 1. The monoisotopic (exact) mass is 552 g/mol. The summed E-state index contributed by atoms with van der Waals surface area (Å²) in [7, 11) is 0. The summed E-state index contributed by atoms with van der Waals surface area (Å²) in [6.07, 6.45) is 5.93. The van der Waals surface area contributed by atoms with E-state index in [4.69, 9.17) is 4.74 Å². The number of rotatable bonds is 8. The number of ketones is 1. The molecule has 0 bridgehead atoms. The molecule has 1 saturated carbocycles. The first-order valence-corrected chi connectivity index (χ1v) is 14.0. The molecule has 0 saturated heterocycles. The van der Waals surface area contributed by atoms with Crippen molar-refractivity contribution in [3.05, 3.63) is 83.9 Å². The minimum absolute atomic E-state index is 0.0185. The summed E-state index contributed by atoms with van der Waals surface area (Å²) in [5.74, 6) is 1.43. The highest BCUT2D eigenvalue weighted by molar-refractivity contribution is 7.21. The highest BCUT2D eigenvalue weighted by Crippen LogP contribution is 2.46. The Hall–Kier alpha value is -4.50. The molecule has 0 spiro atoms. The molecular weight excluding hydrogens is 524 g/mol. The van der Waals surface area contributed by atoms with Crippen LogP contribution in [0.4, 0.5) is 21.9 Å². The molecular formula is C31H28N4O4S. The minimum Gasteiger partial charge on any atom is -0.457 e. The van der Waals surface area contributed by atoms with Crippen LogP contribution < -0.4 is 20.3 Å². The van der Waals surface area contributed by atoms with Gasteiger partial charge in [0.2, 0.25) is 0 Å². The largest absolute Gasteiger partial charge is 0.457 e. The molecule has 6 rings (SSSR count). The summed E-state index contributed by atoms with van der Waals surface area (Å²) >= 11 is 1.26. The predicted molar refractivity (Wildman–Crippen MR) is 157 cm³/mol. The average molecular weight is 553 g/mol. The lowest BCUT2D eigenvalue weighted by Crippen LogP contribution is -2.36. The molecule has 2 aromatic heterocycles. The van der Waals surface area contributed by atoms with E-state index in [0.717, 1.165) is 36.0 Å². The van der Waals surface area contributed by atoms with E-state index in [0.29, 0.717) is 38.9 Å². The first-order chi connectivity index (χ1) is 19.4. The number of carbonyl (C=O) groups is 3. The number of urea groups is 1. The van der Waals surface area contributed by atoms with Gasteiger partial charge in [0.15, 0.2) is 5.78 Å². The fraction of sp³-hybridized carbons (Fsp3) is 0.226. The second-order valence-electron chi connectivity index (χ2n) is 10.2. The van der Waals surface area contributed by atoms with Gasteiger partial charge in [-0.25, -0.2) is 9.78 Å². The maximum Gasteiger partial charge on any atom is 0.331 e. The van der Waals surface area contributed by atoms with Gasteiger partial charge < -0.3 is 15.4 Å². The smallest absolute Gasteiger partial charge is 0.331 e. The molecule has 40 heavy (non-hydrogen) atoms. The van der Waals surface area contributed by atoms with Crippen LogP contribution in [0.1, 0.15) is 40.9 Å². The van der Waals surface area contributed by atoms with Gasteiger partial charge in [0, 0.05) is 18.7 Å². The lowest BCUT2D eigenvalue weighted by atomic mass is 10.0. The first-order valence-electron chi connectivity index (χ1n) is 13.2. The number of hydrogen-bond donors (Lipinski definition) is 2.